The number of aromatic nitrogens is 1. The molecule has 0 saturated carbocycles. The highest BCUT2D eigenvalue weighted by Crippen LogP contribution is 2.22. The zero-order valence-electron chi connectivity index (χ0n) is 10.7. The SMILES string of the molecule is O=C(OCc1nc2ccccc2s1)c1c(F)cccc1F. The number of hydrogen-bond acceptors (Lipinski definition) is 4. The molecule has 0 fully saturated rings. The van der Waals surface area contributed by atoms with Crippen molar-refractivity contribution in [2.75, 3.05) is 0 Å². The van der Waals surface area contributed by atoms with E-state index in [0.717, 1.165) is 22.3 Å². The second-order valence-electron chi connectivity index (χ2n) is 4.25. The molecule has 0 N–H and O–H groups in total. The largest absolute Gasteiger partial charge is 0.455 e. The highest BCUT2D eigenvalue weighted by molar-refractivity contribution is 7.18. The fourth-order valence-electron chi connectivity index (χ4n) is 1.87. The zero-order valence-corrected chi connectivity index (χ0v) is 11.5. The lowest BCUT2D eigenvalue weighted by Gasteiger charge is -2.04. The Morgan fingerprint density at radius 3 is 2.52 bits per heavy atom. The van der Waals surface area contributed by atoms with E-state index in [1.165, 1.54) is 17.4 Å². The van der Waals surface area contributed by atoms with Crippen molar-refractivity contribution in [1.82, 2.24) is 4.98 Å². The molecule has 0 radical (unpaired) electrons. The lowest BCUT2D eigenvalue weighted by atomic mass is 10.2. The van der Waals surface area contributed by atoms with Crippen LogP contribution in [-0.2, 0) is 11.3 Å². The molecular weight excluding hydrogens is 296 g/mol. The van der Waals surface area contributed by atoms with Gasteiger partial charge in [0.05, 0.1) is 10.2 Å². The van der Waals surface area contributed by atoms with Crippen LogP contribution in [0.3, 0.4) is 0 Å². The predicted molar refractivity (Wildman–Crippen MR) is 75.1 cm³/mol. The van der Waals surface area contributed by atoms with Gasteiger partial charge in [-0.05, 0) is 24.3 Å². The van der Waals surface area contributed by atoms with E-state index in [-0.39, 0.29) is 6.61 Å². The van der Waals surface area contributed by atoms with Crippen LogP contribution >= 0.6 is 11.3 Å². The molecule has 3 aromatic rings. The van der Waals surface area contributed by atoms with Crippen LogP contribution in [0.5, 0.6) is 0 Å². The number of carbonyl (C=O) groups excluding carboxylic acids is 1. The zero-order chi connectivity index (χ0) is 14.8. The van der Waals surface area contributed by atoms with Gasteiger partial charge in [-0.1, -0.05) is 18.2 Å². The van der Waals surface area contributed by atoms with Gasteiger partial charge in [0, 0.05) is 0 Å². The van der Waals surface area contributed by atoms with Gasteiger partial charge in [0.25, 0.3) is 0 Å². The van der Waals surface area contributed by atoms with Gasteiger partial charge in [0.1, 0.15) is 28.8 Å². The molecule has 3 nitrogen and oxygen atoms in total. The first-order valence-electron chi connectivity index (χ1n) is 6.11. The highest BCUT2D eigenvalue weighted by atomic mass is 32.1. The number of halogens is 2. The minimum absolute atomic E-state index is 0.119. The molecule has 2 aromatic carbocycles. The van der Waals surface area contributed by atoms with Gasteiger partial charge in [-0.2, -0.15) is 0 Å². The number of fused-ring (bicyclic) bond motifs is 1. The Bertz CT molecular complexity index is 763. The van der Waals surface area contributed by atoms with Crippen molar-refractivity contribution >= 4 is 27.5 Å². The second kappa shape index (κ2) is 5.57. The summed E-state index contributed by atoms with van der Waals surface area (Å²) in [5.41, 5.74) is 0.115. The Balaban J connectivity index is 1.76. The average Bonchev–Trinajstić information content (AvgIpc) is 2.87. The summed E-state index contributed by atoms with van der Waals surface area (Å²) in [6.07, 6.45) is 0. The normalized spacial score (nSPS) is 10.8. The maximum Gasteiger partial charge on any atom is 0.344 e. The summed E-state index contributed by atoms with van der Waals surface area (Å²) in [5, 5.41) is 0.571. The van der Waals surface area contributed by atoms with E-state index in [2.05, 4.69) is 4.98 Å². The minimum Gasteiger partial charge on any atom is -0.455 e. The van der Waals surface area contributed by atoms with E-state index in [1.807, 2.05) is 24.3 Å². The maximum absolute atomic E-state index is 13.4. The minimum atomic E-state index is -1.04. The molecule has 0 aliphatic heterocycles. The van der Waals surface area contributed by atoms with Crippen LogP contribution in [-0.4, -0.2) is 11.0 Å². The van der Waals surface area contributed by atoms with E-state index in [4.69, 9.17) is 4.74 Å². The van der Waals surface area contributed by atoms with Gasteiger partial charge < -0.3 is 4.74 Å². The van der Waals surface area contributed by atoms with Gasteiger partial charge in [0.15, 0.2) is 0 Å². The number of benzene rings is 2. The molecule has 1 heterocycles. The maximum atomic E-state index is 13.4. The first-order valence-corrected chi connectivity index (χ1v) is 6.92. The van der Waals surface area contributed by atoms with Gasteiger partial charge >= 0.3 is 5.97 Å². The van der Waals surface area contributed by atoms with Crippen LogP contribution in [0.25, 0.3) is 10.2 Å². The summed E-state index contributed by atoms with van der Waals surface area (Å²) in [6, 6.07) is 10.7. The quantitative estimate of drug-likeness (QED) is 0.688. The fourth-order valence-corrected chi connectivity index (χ4v) is 2.75. The van der Waals surface area contributed by atoms with Gasteiger partial charge in [-0.3, -0.25) is 0 Å². The van der Waals surface area contributed by atoms with Crippen molar-refractivity contribution < 1.29 is 18.3 Å². The van der Waals surface area contributed by atoms with Gasteiger partial charge in [-0.25, -0.2) is 18.6 Å². The number of thiazole rings is 1. The van der Waals surface area contributed by atoms with Gasteiger partial charge in [-0.15, -0.1) is 11.3 Å². The number of para-hydroxylation sites is 1. The number of carbonyl (C=O) groups is 1. The van der Waals surface area contributed by atoms with E-state index < -0.39 is 23.2 Å². The molecule has 0 amide bonds. The van der Waals surface area contributed by atoms with Crippen molar-refractivity contribution in [1.29, 1.82) is 0 Å². The summed E-state index contributed by atoms with van der Waals surface area (Å²) in [7, 11) is 0. The Morgan fingerprint density at radius 2 is 1.81 bits per heavy atom. The Kier molecular flexibility index (Phi) is 3.62. The third-order valence-electron chi connectivity index (χ3n) is 2.83. The van der Waals surface area contributed by atoms with E-state index in [1.54, 1.807) is 0 Å². The fraction of sp³-hybridized carbons (Fsp3) is 0.0667. The van der Waals surface area contributed by atoms with Crippen molar-refractivity contribution in [3.05, 3.63) is 64.7 Å². The lowest BCUT2D eigenvalue weighted by molar-refractivity contribution is 0.0461. The van der Waals surface area contributed by atoms with Crippen LogP contribution in [0.2, 0.25) is 0 Å². The molecule has 21 heavy (non-hydrogen) atoms. The van der Waals surface area contributed by atoms with Crippen molar-refractivity contribution in [3.8, 4) is 0 Å². The van der Waals surface area contributed by atoms with Crippen LogP contribution < -0.4 is 0 Å². The van der Waals surface area contributed by atoms with E-state index in [9.17, 15) is 13.6 Å². The van der Waals surface area contributed by atoms with Crippen molar-refractivity contribution in [2.24, 2.45) is 0 Å². The predicted octanol–water partition coefficient (Wildman–Crippen LogP) is 3.93. The third kappa shape index (κ3) is 2.75. The smallest absolute Gasteiger partial charge is 0.344 e. The summed E-state index contributed by atoms with van der Waals surface area (Å²) in [5.74, 6) is -2.92. The summed E-state index contributed by atoms with van der Waals surface area (Å²) >= 11 is 1.37. The first-order chi connectivity index (χ1) is 10.1. The number of esters is 1. The molecule has 0 saturated heterocycles. The molecule has 0 bridgehead atoms. The van der Waals surface area contributed by atoms with E-state index >= 15 is 0 Å². The summed E-state index contributed by atoms with van der Waals surface area (Å²) < 4.78 is 32.8. The monoisotopic (exact) mass is 305 g/mol. The number of rotatable bonds is 3. The van der Waals surface area contributed by atoms with E-state index in [0.29, 0.717) is 5.01 Å². The van der Waals surface area contributed by atoms with Crippen molar-refractivity contribution in [3.63, 3.8) is 0 Å². The lowest BCUT2D eigenvalue weighted by Crippen LogP contribution is -2.10. The van der Waals surface area contributed by atoms with Crippen LogP contribution in [0, 0.1) is 11.6 Å². The molecule has 0 aliphatic carbocycles. The molecule has 0 aliphatic rings. The molecule has 106 valence electrons. The topological polar surface area (TPSA) is 39.2 Å². The Morgan fingerprint density at radius 1 is 1.10 bits per heavy atom. The second-order valence-corrected chi connectivity index (χ2v) is 5.36. The first kappa shape index (κ1) is 13.6. The summed E-state index contributed by atoms with van der Waals surface area (Å²) in [4.78, 5) is 16.0. The van der Waals surface area contributed by atoms with Crippen LogP contribution in [0.4, 0.5) is 8.78 Å². The van der Waals surface area contributed by atoms with Crippen molar-refractivity contribution in [2.45, 2.75) is 6.61 Å². The average molecular weight is 305 g/mol. The van der Waals surface area contributed by atoms with Crippen LogP contribution in [0.1, 0.15) is 15.4 Å². The molecule has 6 heteroatoms. The molecule has 0 unspecified atom stereocenters. The molecule has 3 rings (SSSR count). The Labute approximate surface area is 122 Å². The van der Waals surface area contributed by atoms with Gasteiger partial charge in [0.2, 0.25) is 0 Å². The summed E-state index contributed by atoms with van der Waals surface area (Å²) in [6.45, 7) is -0.119. The van der Waals surface area contributed by atoms with Crippen LogP contribution in [0.15, 0.2) is 42.5 Å². The number of nitrogens with zero attached hydrogens (tertiary/aromatic N) is 1. The third-order valence-corrected chi connectivity index (χ3v) is 3.84. The Hall–Kier alpha value is -2.34. The number of hydrogen-bond donors (Lipinski definition) is 0. The molecule has 1 aromatic heterocycles. The molecule has 0 atom stereocenters. The molecular formula is C15H9F2NO2S. The highest BCUT2D eigenvalue weighted by Gasteiger charge is 2.19. The number of ether oxygens (including phenoxy) is 1. The molecule has 0 spiro atoms. The standard InChI is InChI=1S/C15H9F2NO2S/c16-9-4-3-5-10(17)14(9)15(19)20-8-13-18-11-6-1-2-7-12(11)21-13/h1-7H,8H2.